The van der Waals surface area contributed by atoms with E-state index in [2.05, 4.69) is 17.1 Å². The fourth-order valence-corrected chi connectivity index (χ4v) is 2.75. The second-order valence-electron chi connectivity index (χ2n) is 5.20. The summed E-state index contributed by atoms with van der Waals surface area (Å²) in [4.78, 5) is 12.7. The second-order valence-corrected chi connectivity index (χ2v) is 5.20. The van der Waals surface area contributed by atoms with E-state index in [4.69, 9.17) is 4.74 Å². The molecular formula is C14H21N3O3. The lowest BCUT2D eigenvalue weighted by atomic mass is 10.1. The van der Waals surface area contributed by atoms with Gasteiger partial charge in [-0.2, -0.15) is 0 Å². The maximum atomic E-state index is 10.9. The summed E-state index contributed by atoms with van der Waals surface area (Å²) in [7, 11) is 3.86. The predicted octanol–water partition coefficient (Wildman–Crippen LogP) is 2.25. The van der Waals surface area contributed by atoms with Gasteiger partial charge in [0.15, 0.2) is 0 Å². The number of likely N-dealkylation sites (N-methyl/N-ethyl adjacent to an activating group) is 1. The molecule has 6 heteroatoms. The number of anilines is 1. The summed E-state index contributed by atoms with van der Waals surface area (Å²) >= 11 is 0. The Morgan fingerprint density at radius 3 is 2.85 bits per heavy atom. The van der Waals surface area contributed by atoms with Crippen molar-refractivity contribution >= 4 is 11.4 Å². The molecule has 1 aromatic carbocycles. The van der Waals surface area contributed by atoms with E-state index in [1.165, 1.54) is 6.07 Å². The molecule has 2 atom stereocenters. The van der Waals surface area contributed by atoms with E-state index in [-0.39, 0.29) is 16.7 Å². The van der Waals surface area contributed by atoms with Gasteiger partial charge in [-0.05, 0) is 32.0 Å². The molecule has 0 bridgehead atoms. The molecule has 1 heterocycles. The van der Waals surface area contributed by atoms with Gasteiger partial charge >= 0.3 is 0 Å². The summed E-state index contributed by atoms with van der Waals surface area (Å²) in [6.07, 6.45) is 1.21. The van der Waals surface area contributed by atoms with Gasteiger partial charge in [-0.15, -0.1) is 0 Å². The molecule has 1 aromatic rings. The number of benzene rings is 1. The molecule has 1 aliphatic rings. The average molecular weight is 279 g/mol. The highest BCUT2D eigenvalue weighted by atomic mass is 16.6. The minimum atomic E-state index is -0.357. The van der Waals surface area contributed by atoms with Crippen LogP contribution in [0.2, 0.25) is 0 Å². The van der Waals surface area contributed by atoms with Crippen LogP contribution in [0.3, 0.4) is 0 Å². The molecule has 1 fully saturated rings. The summed E-state index contributed by atoms with van der Waals surface area (Å²) in [6.45, 7) is 3.51. The highest BCUT2D eigenvalue weighted by Gasteiger charge is 2.28. The Bertz CT molecular complexity index is 493. The highest BCUT2D eigenvalue weighted by Crippen LogP contribution is 2.26. The van der Waals surface area contributed by atoms with E-state index in [9.17, 15) is 10.1 Å². The van der Waals surface area contributed by atoms with Crippen molar-refractivity contribution in [3.63, 3.8) is 0 Å². The van der Waals surface area contributed by atoms with Gasteiger partial charge in [0, 0.05) is 44.1 Å². The summed E-state index contributed by atoms with van der Waals surface area (Å²) in [5.41, 5.74) is 1.99. The topological polar surface area (TPSA) is 67.6 Å². The number of nitrogens with one attached hydrogen (secondary N) is 1. The Hall–Kier alpha value is -1.66. The third-order valence-electron chi connectivity index (χ3n) is 3.89. The molecule has 0 aromatic heterocycles. The Balaban J connectivity index is 2.18. The van der Waals surface area contributed by atoms with Gasteiger partial charge in [-0.1, -0.05) is 0 Å². The fourth-order valence-electron chi connectivity index (χ4n) is 2.75. The molecule has 110 valence electrons. The van der Waals surface area contributed by atoms with Crippen LogP contribution >= 0.6 is 0 Å². The van der Waals surface area contributed by atoms with Crippen LogP contribution in [0.4, 0.5) is 11.4 Å². The molecule has 1 saturated heterocycles. The van der Waals surface area contributed by atoms with Crippen LogP contribution in [-0.4, -0.2) is 42.7 Å². The molecule has 0 amide bonds. The van der Waals surface area contributed by atoms with Crippen LogP contribution in [-0.2, 0) is 11.3 Å². The van der Waals surface area contributed by atoms with Crippen LogP contribution in [0.15, 0.2) is 18.2 Å². The monoisotopic (exact) mass is 279 g/mol. The summed E-state index contributed by atoms with van der Waals surface area (Å²) in [5.74, 6) is 0. The molecule has 2 unspecified atom stereocenters. The van der Waals surface area contributed by atoms with Crippen LogP contribution < -0.4 is 5.32 Å². The molecule has 6 nitrogen and oxygen atoms in total. The molecule has 2 rings (SSSR count). The zero-order valence-corrected chi connectivity index (χ0v) is 12.1. The van der Waals surface area contributed by atoms with Gasteiger partial charge in [-0.3, -0.25) is 15.0 Å². The number of ether oxygens (including phenoxy) is 1. The van der Waals surface area contributed by atoms with Gasteiger partial charge in [0.05, 0.1) is 11.0 Å². The first-order valence-corrected chi connectivity index (χ1v) is 6.80. The van der Waals surface area contributed by atoms with Crippen molar-refractivity contribution in [2.45, 2.75) is 32.0 Å². The Morgan fingerprint density at radius 1 is 1.55 bits per heavy atom. The highest BCUT2D eigenvalue weighted by molar-refractivity contribution is 5.55. The first kappa shape index (κ1) is 14.7. The standard InChI is InChI=1S/C14H21N3O3/c1-10-14(6-7-20-10)16(3)9-11-8-12(17(18)19)4-5-13(11)15-2/h4-5,8,10,14-15H,6-7,9H2,1-3H3. The van der Waals surface area contributed by atoms with Crippen molar-refractivity contribution in [1.82, 2.24) is 4.90 Å². The van der Waals surface area contributed by atoms with E-state index < -0.39 is 0 Å². The zero-order chi connectivity index (χ0) is 14.7. The molecule has 1 N–H and O–H groups in total. The molecular weight excluding hydrogens is 258 g/mol. The molecule has 20 heavy (non-hydrogen) atoms. The maximum Gasteiger partial charge on any atom is 0.269 e. The summed E-state index contributed by atoms with van der Waals surface area (Å²) in [6, 6.07) is 5.29. The number of hydrogen-bond donors (Lipinski definition) is 1. The van der Waals surface area contributed by atoms with E-state index in [0.717, 1.165) is 24.3 Å². The van der Waals surface area contributed by atoms with Gasteiger partial charge in [0.2, 0.25) is 0 Å². The van der Waals surface area contributed by atoms with Crippen LogP contribution in [0.25, 0.3) is 0 Å². The molecule has 0 radical (unpaired) electrons. The fraction of sp³-hybridized carbons (Fsp3) is 0.571. The SMILES string of the molecule is CNc1ccc([N+](=O)[O-])cc1CN(C)C1CCOC1C. The lowest BCUT2D eigenvalue weighted by molar-refractivity contribution is -0.384. The van der Waals surface area contributed by atoms with Crippen molar-refractivity contribution in [3.8, 4) is 0 Å². The van der Waals surface area contributed by atoms with Crippen molar-refractivity contribution < 1.29 is 9.66 Å². The molecule has 0 aliphatic carbocycles. The Morgan fingerprint density at radius 2 is 2.30 bits per heavy atom. The third kappa shape index (κ3) is 3.08. The van der Waals surface area contributed by atoms with E-state index >= 15 is 0 Å². The average Bonchev–Trinajstić information content (AvgIpc) is 2.84. The molecule has 1 aliphatic heterocycles. The lowest BCUT2D eigenvalue weighted by Crippen LogP contribution is -2.36. The molecule has 0 saturated carbocycles. The van der Waals surface area contributed by atoms with Crippen molar-refractivity contribution in [1.29, 1.82) is 0 Å². The largest absolute Gasteiger partial charge is 0.388 e. The first-order chi connectivity index (χ1) is 9.52. The maximum absolute atomic E-state index is 10.9. The number of nitrogens with zero attached hydrogens (tertiary/aromatic N) is 2. The van der Waals surface area contributed by atoms with Gasteiger partial charge in [0.25, 0.3) is 5.69 Å². The van der Waals surface area contributed by atoms with Gasteiger partial charge < -0.3 is 10.1 Å². The van der Waals surface area contributed by atoms with Crippen LogP contribution in [0, 0.1) is 10.1 Å². The summed E-state index contributed by atoms with van der Waals surface area (Å²) < 4.78 is 5.58. The van der Waals surface area contributed by atoms with E-state index in [1.807, 2.05) is 14.1 Å². The van der Waals surface area contributed by atoms with Gasteiger partial charge in [0.1, 0.15) is 0 Å². The minimum absolute atomic E-state index is 0.128. The quantitative estimate of drug-likeness (QED) is 0.661. The van der Waals surface area contributed by atoms with Crippen molar-refractivity contribution in [2.75, 3.05) is 26.0 Å². The summed E-state index contributed by atoms with van der Waals surface area (Å²) in [5, 5.41) is 14.0. The smallest absolute Gasteiger partial charge is 0.269 e. The number of rotatable bonds is 5. The normalized spacial score (nSPS) is 22.2. The second kappa shape index (κ2) is 6.19. The predicted molar refractivity (Wildman–Crippen MR) is 77.9 cm³/mol. The number of nitro benzene ring substituents is 1. The van der Waals surface area contributed by atoms with Crippen LogP contribution in [0.5, 0.6) is 0 Å². The number of nitro groups is 1. The van der Waals surface area contributed by atoms with Gasteiger partial charge in [-0.25, -0.2) is 0 Å². The Labute approximate surface area is 118 Å². The zero-order valence-electron chi connectivity index (χ0n) is 12.1. The third-order valence-corrected chi connectivity index (χ3v) is 3.89. The van der Waals surface area contributed by atoms with E-state index in [0.29, 0.717) is 12.6 Å². The van der Waals surface area contributed by atoms with Crippen LogP contribution in [0.1, 0.15) is 18.9 Å². The Kier molecular flexibility index (Phi) is 4.57. The van der Waals surface area contributed by atoms with Crippen molar-refractivity contribution in [3.05, 3.63) is 33.9 Å². The number of hydrogen-bond acceptors (Lipinski definition) is 5. The minimum Gasteiger partial charge on any atom is -0.388 e. The molecule has 0 spiro atoms. The van der Waals surface area contributed by atoms with Crippen molar-refractivity contribution in [2.24, 2.45) is 0 Å². The number of non-ortho nitro benzene ring substituents is 1. The first-order valence-electron chi connectivity index (χ1n) is 6.80. The van der Waals surface area contributed by atoms with E-state index in [1.54, 1.807) is 12.1 Å². The lowest BCUT2D eigenvalue weighted by Gasteiger charge is -2.27.